The lowest BCUT2D eigenvalue weighted by Crippen LogP contribution is -2.29. The zero-order chi connectivity index (χ0) is 21.0. The summed E-state index contributed by atoms with van der Waals surface area (Å²) < 4.78 is 33.9. The zero-order valence-corrected chi connectivity index (χ0v) is 17.4. The summed E-state index contributed by atoms with van der Waals surface area (Å²) in [5, 5.41) is 15.9. The molecule has 0 atom stereocenters. The maximum Gasteiger partial charge on any atom is 0.285 e. The van der Waals surface area contributed by atoms with Gasteiger partial charge in [0, 0.05) is 12.1 Å². The van der Waals surface area contributed by atoms with Crippen molar-refractivity contribution in [2.75, 3.05) is 34.3 Å². The Kier molecular flexibility index (Phi) is 6.19. The first kappa shape index (κ1) is 20.8. The van der Waals surface area contributed by atoms with Gasteiger partial charge >= 0.3 is 0 Å². The molecule has 0 aromatic heterocycles. The molecule has 0 radical (unpaired) electrons. The fourth-order valence-corrected chi connectivity index (χ4v) is 4.15. The lowest BCUT2D eigenvalue weighted by atomic mass is 10.2. The van der Waals surface area contributed by atoms with Crippen LogP contribution in [-0.4, -0.2) is 69.8 Å². The van der Waals surface area contributed by atoms with Gasteiger partial charge in [0.25, 0.3) is 10.0 Å². The number of hydrazone groups is 1. The first-order valence-electron chi connectivity index (χ1n) is 9.09. The number of benzene rings is 2. The summed E-state index contributed by atoms with van der Waals surface area (Å²) in [4.78, 5) is 2.24. The predicted octanol–water partition coefficient (Wildman–Crippen LogP) is 2.14. The molecule has 2 aromatic rings. The molecule has 9 heteroatoms. The number of rotatable bonds is 7. The van der Waals surface area contributed by atoms with Gasteiger partial charge in [-0.05, 0) is 63.0 Å². The SMILES string of the molecule is COc1cc(/C=N/N(CCCN(C)C)C2=NS(=O)(=O)c3ccccc32)ccc1O. The van der Waals surface area contributed by atoms with Crippen LogP contribution in [0.3, 0.4) is 0 Å². The number of methoxy groups -OCH3 is 1. The van der Waals surface area contributed by atoms with Crippen molar-refractivity contribution in [1.29, 1.82) is 0 Å². The summed E-state index contributed by atoms with van der Waals surface area (Å²) in [6.45, 7) is 1.31. The molecular weight excluding hydrogens is 392 g/mol. The summed E-state index contributed by atoms with van der Waals surface area (Å²) in [5.74, 6) is 0.674. The molecule has 2 aromatic carbocycles. The number of ether oxygens (including phenoxy) is 1. The minimum atomic E-state index is -3.73. The van der Waals surface area contributed by atoms with Crippen LogP contribution >= 0.6 is 0 Å². The molecule has 154 valence electrons. The number of sulfonamides is 1. The fourth-order valence-electron chi connectivity index (χ4n) is 2.94. The Morgan fingerprint density at radius 1 is 1.17 bits per heavy atom. The summed E-state index contributed by atoms with van der Waals surface area (Å²) in [7, 11) is 1.69. The van der Waals surface area contributed by atoms with Gasteiger partial charge < -0.3 is 14.7 Å². The quantitative estimate of drug-likeness (QED) is 0.549. The molecule has 3 rings (SSSR count). The van der Waals surface area contributed by atoms with Gasteiger partial charge in [0.1, 0.15) is 4.90 Å². The van der Waals surface area contributed by atoms with E-state index in [-0.39, 0.29) is 10.6 Å². The highest BCUT2D eigenvalue weighted by atomic mass is 32.2. The maximum atomic E-state index is 12.4. The van der Waals surface area contributed by atoms with Crippen LogP contribution in [0.4, 0.5) is 0 Å². The minimum Gasteiger partial charge on any atom is -0.504 e. The molecule has 8 nitrogen and oxygen atoms in total. The smallest absolute Gasteiger partial charge is 0.285 e. The monoisotopic (exact) mass is 416 g/mol. The summed E-state index contributed by atoms with van der Waals surface area (Å²) in [5.41, 5.74) is 1.24. The van der Waals surface area contributed by atoms with Gasteiger partial charge in [-0.1, -0.05) is 12.1 Å². The van der Waals surface area contributed by atoms with Gasteiger partial charge in [0.15, 0.2) is 17.3 Å². The second kappa shape index (κ2) is 8.62. The van der Waals surface area contributed by atoms with Crippen LogP contribution in [0, 0.1) is 0 Å². The molecule has 0 saturated heterocycles. The molecule has 1 heterocycles. The molecule has 1 aliphatic rings. The number of aromatic hydroxyl groups is 1. The molecule has 0 fully saturated rings. The van der Waals surface area contributed by atoms with Crippen molar-refractivity contribution >= 4 is 22.1 Å². The fraction of sp³-hybridized carbons (Fsp3) is 0.300. The lowest BCUT2D eigenvalue weighted by molar-refractivity contribution is 0.356. The lowest BCUT2D eigenvalue weighted by Gasteiger charge is -2.20. The Morgan fingerprint density at radius 3 is 2.66 bits per heavy atom. The molecule has 29 heavy (non-hydrogen) atoms. The van der Waals surface area contributed by atoms with Gasteiger partial charge in [-0.25, -0.2) is 5.01 Å². The summed E-state index contributed by atoms with van der Waals surface area (Å²) in [6, 6.07) is 11.6. The Morgan fingerprint density at radius 2 is 1.93 bits per heavy atom. The maximum absolute atomic E-state index is 12.4. The molecule has 0 bridgehead atoms. The topological polar surface area (TPSA) is 94.8 Å². The van der Waals surface area contributed by atoms with E-state index in [1.807, 2.05) is 19.0 Å². The van der Waals surface area contributed by atoms with Crippen LogP contribution in [0.5, 0.6) is 11.5 Å². The van der Waals surface area contributed by atoms with Crippen molar-refractivity contribution < 1.29 is 18.3 Å². The molecule has 0 spiro atoms. The van der Waals surface area contributed by atoms with E-state index in [1.165, 1.54) is 13.2 Å². The van der Waals surface area contributed by atoms with E-state index in [0.717, 1.165) is 13.0 Å². The zero-order valence-electron chi connectivity index (χ0n) is 16.6. The third-order valence-corrected chi connectivity index (χ3v) is 5.71. The third kappa shape index (κ3) is 4.75. The van der Waals surface area contributed by atoms with Crippen molar-refractivity contribution in [1.82, 2.24) is 9.91 Å². The molecule has 0 saturated carbocycles. The number of amidine groups is 1. The molecule has 1 aliphatic heterocycles. The van der Waals surface area contributed by atoms with Gasteiger partial charge in [-0.3, -0.25) is 0 Å². The third-order valence-electron chi connectivity index (χ3n) is 4.38. The van der Waals surface area contributed by atoms with E-state index in [1.54, 1.807) is 47.6 Å². The Bertz CT molecular complexity index is 1050. The molecule has 0 unspecified atom stereocenters. The van der Waals surface area contributed by atoms with Crippen molar-refractivity contribution in [2.24, 2.45) is 9.50 Å². The van der Waals surface area contributed by atoms with Gasteiger partial charge in [-0.2, -0.15) is 13.5 Å². The Hall–Kier alpha value is -2.91. The second-order valence-corrected chi connectivity index (χ2v) is 8.41. The highest BCUT2D eigenvalue weighted by Gasteiger charge is 2.31. The number of hydrogen-bond donors (Lipinski definition) is 1. The van der Waals surface area contributed by atoms with Crippen LogP contribution in [0.15, 0.2) is 56.9 Å². The van der Waals surface area contributed by atoms with Crippen LogP contribution in [-0.2, 0) is 10.0 Å². The highest BCUT2D eigenvalue weighted by molar-refractivity contribution is 7.90. The average molecular weight is 417 g/mol. The number of phenolic OH excluding ortho intramolecular Hbond substituents is 1. The number of phenols is 1. The van der Waals surface area contributed by atoms with E-state index < -0.39 is 10.0 Å². The van der Waals surface area contributed by atoms with E-state index >= 15 is 0 Å². The first-order valence-corrected chi connectivity index (χ1v) is 10.5. The van der Waals surface area contributed by atoms with E-state index in [4.69, 9.17) is 4.74 Å². The predicted molar refractivity (Wildman–Crippen MR) is 112 cm³/mol. The van der Waals surface area contributed by atoms with Crippen LogP contribution < -0.4 is 4.74 Å². The summed E-state index contributed by atoms with van der Waals surface area (Å²) >= 11 is 0. The standard InChI is InChI=1S/C20H24N4O4S/c1-23(2)11-6-12-24(21-14-15-9-10-17(25)18(13-15)28-3)20-16-7-4-5-8-19(16)29(26,27)22-20/h4-5,7-10,13-14,25H,6,11-12H2,1-3H3/b21-14+. The van der Waals surface area contributed by atoms with Gasteiger partial charge in [-0.15, -0.1) is 4.40 Å². The molecule has 1 N–H and O–H groups in total. The summed E-state index contributed by atoms with van der Waals surface area (Å²) in [6.07, 6.45) is 2.36. The van der Waals surface area contributed by atoms with Gasteiger partial charge in [0.2, 0.25) is 0 Å². The first-order chi connectivity index (χ1) is 13.8. The van der Waals surface area contributed by atoms with E-state index in [0.29, 0.717) is 29.3 Å². The number of nitrogens with zero attached hydrogens (tertiary/aromatic N) is 4. The van der Waals surface area contributed by atoms with Crippen molar-refractivity contribution in [2.45, 2.75) is 11.3 Å². The van der Waals surface area contributed by atoms with Gasteiger partial charge in [0.05, 0.1) is 13.3 Å². The van der Waals surface area contributed by atoms with Crippen LogP contribution in [0.25, 0.3) is 0 Å². The van der Waals surface area contributed by atoms with Crippen molar-refractivity contribution in [3.05, 3.63) is 53.6 Å². The second-order valence-electron chi connectivity index (χ2n) is 6.84. The molecular formula is C20H24N4O4S. The Labute approximate surface area is 170 Å². The minimum absolute atomic E-state index is 0.0349. The molecule has 0 aliphatic carbocycles. The van der Waals surface area contributed by atoms with Crippen LogP contribution in [0.1, 0.15) is 17.5 Å². The molecule has 0 amide bonds. The average Bonchev–Trinajstić information content (AvgIpc) is 2.96. The van der Waals surface area contributed by atoms with Crippen LogP contribution in [0.2, 0.25) is 0 Å². The normalized spacial score (nSPS) is 14.8. The largest absolute Gasteiger partial charge is 0.504 e. The highest BCUT2D eigenvalue weighted by Crippen LogP contribution is 2.28. The number of fused-ring (bicyclic) bond motifs is 1. The number of hydrogen-bond acceptors (Lipinski definition) is 7. The van der Waals surface area contributed by atoms with Crippen molar-refractivity contribution in [3.8, 4) is 11.5 Å². The Balaban J connectivity index is 1.93. The van der Waals surface area contributed by atoms with E-state index in [9.17, 15) is 13.5 Å². The van der Waals surface area contributed by atoms with E-state index in [2.05, 4.69) is 9.50 Å². The van der Waals surface area contributed by atoms with Crippen molar-refractivity contribution in [3.63, 3.8) is 0 Å².